The standard InChI is InChI=1S/C12H11ClN4O3/c13-8-3-1-7(2-4-8)6-14-17-12-15-9(5-10(18)19)11(20)16-12/h1-4,6,9H,5H2,(H,18,19)(H2,15,16,17,20). The van der Waals surface area contributed by atoms with Gasteiger partial charge in [0.1, 0.15) is 6.04 Å². The number of benzene rings is 1. The Kier molecular flexibility index (Phi) is 4.31. The van der Waals surface area contributed by atoms with Gasteiger partial charge in [-0.15, -0.1) is 0 Å². The van der Waals surface area contributed by atoms with Crippen molar-refractivity contribution in [1.82, 2.24) is 10.7 Å². The third-order valence-electron chi connectivity index (χ3n) is 2.45. The van der Waals surface area contributed by atoms with Crippen LogP contribution in [0.25, 0.3) is 0 Å². The van der Waals surface area contributed by atoms with Gasteiger partial charge in [-0.1, -0.05) is 23.7 Å². The molecule has 8 heteroatoms. The number of hydrogen-bond donors (Lipinski definition) is 3. The number of carboxylic acid groups (broad SMARTS) is 1. The smallest absolute Gasteiger partial charge is 0.306 e. The molecule has 20 heavy (non-hydrogen) atoms. The van der Waals surface area contributed by atoms with Crippen LogP contribution < -0.4 is 10.7 Å². The van der Waals surface area contributed by atoms with Gasteiger partial charge >= 0.3 is 5.97 Å². The number of halogens is 1. The molecule has 1 aliphatic rings. The Hall–Kier alpha value is -2.41. The van der Waals surface area contributed by atoms with Crippen molar-refractivity contribution in [3.63, 3.8) is 0 Å². The summed E-state index contributed by atoms with van der Waals surface area (Å²) in [5, 5.41) is 15.5. The molecule has 7 nitrogen and oxygen atoms in total. The van der Waals surface area contributed by atoms with Gasteiger partial charge < -0.3 is 5.11 Å². The van der Waals surface area contributed by atoms with Crippen molar-refractivity contribution in [1.29, 1.82) is 0 Å². The average Bonchev–Trinajstić information content (AvgIpc) is 2.72. The van der Waals surface area contributed by atoms with E-state index in [9.17, 15) is 9.59 Å². The zero-order valence-electron chi connectivity index (χ0n) is 10.2. The third-order valence-corrected chi connectivity index (χ3v) is 2.70. The number of carbonyl (C=O) groups excluding carboxylic acids is 1. The number of nitrogens with zero attached hydrogens (tertiary/aromatic N) is 2. The van der Waals surface area contributed by atoms with Gasteiger partial charge in [0, 0.05) is 5.02 Å². The van der Waals surface area contributed by atoms with Gasteiger partial charge in [-0.25, -0.2) is 10.4 Å². The molecule has 0 bridgehead atoms. The molecule has 1 atom stereocenters. The highest BCUT2D eigenvalue weighted by atomic mass is 35.5. The minimum atomic E-state index is -1.08. The molecule has 1 aromatic rings. The fraction of sp³-hybridized carbons (Fsp3) is 0.167. The van der Waals surface area contributed by atoms with Crippen LogP contribution in [0.3, 0.4) is 0 Å². The van der Waals surface area contributed by atoms with Gasteiger partial charge in [0.2, 0.25) is 5.96 Å². The van der Waals surface area contributed by atoms with E-state index in [-0.39, 0.29) is 12.4 Å². The fourth-order valence-corrected chi connectivity index (χ4v) is 1.65. The van der Waals surface area contributed by atoms with Crippen LogP contribution in [-0.4, -0.2) is 35.2 Å². The van der Waals surface area contributed by atoms with E-state index < -0.39 is 17.9 Å². The zero-order chi connectivity index (χ0) is 14.5. The van der Waals surface area contributed by atoms with Crippen LogP contribution in [0, 0.1) is 0 Å². The van der Waals surface area contributed by atoms with Crippen molar-refractivity contribution in [2.75, 3.05) is 0 Å². The van der Waals surface area contributed by atoms with Crippen molar-refractivity contribution in [2.24, 2.45) is 10.1 Å². The molecule has 1 aromatic carbocycles. The molecule has 1 aliphatic heterocycles. The molecule has 1 heterocycles. The second-order valence-corrected chi connectivity index (χ2v) is 4.44. The number of aliphatic carboxylic acids is 1. The first kappa shape index (κ1) is 14.0. The number of carboxylic acids is 1. The number of hydrogen-bond acceptors (Lipinski definition) is 5. The molecular weight excluding hydrogens is 284 g/mol. The maximum atomic E-state index is 11.4. The van der Waals surface area contributed by atoms with E-state index in [1.165, 1.54) is 6.21 Å². The Labute approximate surface area is 119 Å². The number of guanidine groups is 1. The van der Waals surface area contributed by atoms with Crippen LogP contribution in [0.2, 0.25) is 5.02 Å². The Morgan fingerprint density at radius 3 is 2.85 bits per heavy atom. The van der Waals surface area contributed by atoms with Gasteiger partial charge in [0.15, 0.2) is 0 Å². The third kappa shape index (κ3) is 3.79. The highest BCUT2D eigenvalue weighted by Crippen LogP contribution is 2.08. The number of rotatable bonds is 4. The predicted octanol–water partition coefficient (Wildman–Crippen LogP) is 0.593. The van der Waals surface area contributed by atoms with Crippen molar-refractivity contribution >= 4 is 35.7 Å². The van der Waals surface area contributed by atoms with Crippen LogP contribution in [0.1, 0.15) is 12.0 Å². The molecular formula is C12H11ClN4O3. The maximum absolute atomic E-state index is 11.4. The van der Waals surface area contributed by atoms with Crippen LogP contribution >= 0.6 is 11.6 Å². The quantitative estimate of drug-likeness (QED) is 0.558. The van der Waals surface area contributed by atoms with Crippen LogP contribution in [-0.2, 0) is 9.59 Å². The molecule has 0 aromatic heterocycles. The van der Waals surface area contributed by atoms with E-state index >= 15 is 0 Å². The van der Waals surface area contributed by atoms with E-state index in [1.807, 2.05) is 0 Å². The Morgan fingerprint density at radius 1 is 1.50 bits per heavy atom. The van der Waals surface area contributed by atoms with Crippen molar-refractivity contribution in [2.45, 2.75) is 12.5 Å². The predicted molar refractivity (Wildman–Crippen MR) is 73.8 cm³/mol. The summed E-state index contributed by atoms with van der Waals surface area (Å²) < 4.78 is 0. The molecule has 1 amide bonds. The Balaban J connectivity index is 1.92. The summed E-state index contributed by atoms with van der Waals surface area (Å²) in [6, 6.07) is 6.08. The summed E-state index contributed by atoms with van der Waals surface area (Å²) >= 11 is 5.75. The summed E-state index contributed by atoms with van der Waals surface area (Å²) in [6.45, 7) is 0. The number of nitrogens with one attached hydrogen (secondary N) is 2. The summed E-state index contributed by atoms with van der Waals surface area (Å²) in [5.41, 5.74) is 3.35. The first-order chi connectivity index (χ1) is 9.54. The second kappa shape index (κ2) is 6.16. The van der Waals surface area contributed by atoms with Crippen LogP contribution in [0.5, 0.6) is 0 Å². The highest BCUT2D eigenvalue weighted by molar-refractivity contribution is 6.30. The maximum Gasteiger partial charge on any atom is 0.306 e. The average molecular weight is 295 g/mol. The zero-order valence-corrected chi connectivity index (χ0v) is 11.0. The monoisotopic (exact) mass is 294 g/mol. The molecule has 0 radical (unpaired) electrons. The van der Waals surface area contributed by atoms with Crippen LogP contribution in [0.15, 0.2) is 34.4 Å². The van der Waals surface area contributed by atoms with Gasteiger partial charge in [0.05, 0.1) is 12.6 Å². The number of carbonyl (C=O) groups is 2. The highest BCUT2D eigenvalue weighted by Gasteiger charge is 2.28. The Bertz CT molecular complexity index is 583. The van der Waals surface area contributed by atoms with Gasteiger partial charge in [-0.05, 0) is 17.7 Å². The lowest BCUT2D eigenvalue weighted by Crippen LogP contribution is -2.35. The largest absolute Gasteiger partial charge is 0.481 e. The van der Waals surface area contributed by atoms with E-state index in [4.69, 9.17) is 16.7 Å². The topological polar surface area (TPSA) is 103 Å². The van der Waals surface area contributed by atoms with E-state index in [0.717, 1.165) is 5.56 Å². The fourth-order valence-electron chi connectivity index (χ4n) is 1.52. The first-order valence-corrected chi connectivity index (χ1v) is 6.07. The van der Waals surface area contributed by atoms with Gasteiger partial charge in [-0.3, -0.25) is 14.9 Å². The molecule has 0 saturated heterocycles. The molecule has 3 N–H and O–H groups in total. The van der Waals surface area contributed by atoms with Crippen molar-refractivity contribution in [3.8, 4) is 0 Å². The minimum absolute atomic E-state index is 0.131. The lowest BCUT2D eigenvalue weighted by atomic mass is 10.2. The minimum Gasteiger partial charge on any atom is -0.481 e. The SMILES string of the molecule is O=C(O)CC1N=C(NN=Cc2ccc(Cl)cc2)NC1=O. The molecule has 2 rings (SSSR count). The normalized spacial score (nSPS) is 17.9. The van der Waals surface area contributed by atoms with Crippen molar-refractivity contribution in [3.05, 3.63) is 34.9 Å². The number of hydrazone groups is 1. The lowest BCUT2D eigenvalue weighted by Gasteiger charge is -1.98. The second-order valence-electron chi connectivity index (χ2n) is 4.00. The van der Waals surface area contributed by atoms with Gasteiger partial charge in [-0.2, -0.15) is 5.10 Å². The number of aliphatic imine (C=N–C) groups is 1. The van der Waals surface area contributed by atoms with Gasteiger partial charge in [0.25, 0.3) is 5.91 Å². The van der Waals surface area contributed by atoms with E-state index in [0.29, 0.717) is 5.02 Å². The van der Waals surface area contributed by atoms with Crippen molar-refractivity contribution < 1.29 is 14.7 Å². The molecule has 0 fully saturated rings. The lowest BCUT2D eigenvalue weighted by molar-refractivity contribution is -0.139. The molecule has 0 spiro atoms. The molecule has 0 aliphatic carbocycles. The Morgan fingerprint density at radius 2 is 2.20 bits per heavy atom. The molecule has 0 saturated carbocycles. The van der Waals surface area contributed by atoms with E-state index in [2.05, 4.69) is 20.8 Å². The summed E-state index contributed by atoms with van der Waals surface area (Å²) in [4.78, 5) is 25.8. The summed E-state index contributed by atoms with van der Waals surface area (Å²) in [7, 11) is 0. The number of amides is 1. The first-order valence-electron chi connectivity index (χ1n) is 5.69. The summed E-state index contributed by atoms with van der Waals surface area (Å²) in [6.07, 6.45) is 1.17. The van der Waals surface area contributed by atoms with E-state index in [1.54, 1.807) is 24.3 Å². The molecule has 1 unspecified atom stereocenters. The molecule has 104 valence electrons. The summed E-state index contributed by atoms with van der Waals surface area (Å²) in [5.74, 6) is -1.41. The van der Waals surface area contributed by atoms with Crippen LogP contribution in [0.4, 0.5) is 0 Å².